The highest BCUT2D eigenvalue weighted by atomic mass is 32.1. The van der Waals surface area contributed by atoms with Crippen LogP contribution in [-0.2, 0) is 11.2 Å². The smallest absolute Gasteiger partial charge is 0.227 e. The number of amides is 1. The zero-order valence-corrected chi connectivity index (χ0v) is 25.8. The minimum atomic E-state index is -0.664. The van der Waals surface area contributed by atoms with Crippen molar-refractivity contribution in [3.8, 4) is 0 Å². The third-order valence-electron chi connectivity index (χ3n) is 6.28. The summed E-state index contributed by atoms with van der Waals surface area (Å²) in [7, 11) is 1.75. The number of hydrogen-bond donors (Lipinski definition) is 4. The van der Waals surface area contributed by atoms with Crippen molar-refractivity contribution < 1.29 is 13.6 Å². The maximum Gasteiger partial charge on any atom is 0.227 e. The van der Waals surface area contributed by atoms with Gasteiger partial charge >= 0.3 is 0 Å². The van der Waals surface area contributed by atoms with Crippen LogP contribution in [-0.4, -0.2) is 55.9 Å². The Kier molecular flexibility index (Phi) is 18.0. The fourth-order valence-electron chi connectivity index (χ4n) is 4.23. The zero-order chi connectivity index (χ0) is 30.6. The van der Waals surface area contributed by atoms with E-state index in [0.29, 0.717) is 44.1 Å². The number of nitrogens with one attached hydrogen (secondary N) is 2. The molecule has 0 unspecified atom stereocenters. The van der Waals surface area contributed by atoms with Gasteiger partial charge in [-0.15, -0.1) is 0 Å². The van der Waals surface area contributed by atoms with E-state index in [1.165, 1.54) is 50.4 Å². The van der Waals surface area contributed by atoms with Gasteiger partial charge in [-0.3, -0.25) is 4.79 Å². The summed E-state index contributed by atoms with van der Waals surface area (Å²) in [6.07, 6.45) is 8.75. The van der Waals surface area contributed by atoms with Crippen LogP contribution in [0.25, 0.3) is 0 Å². The molecule has 1 fully saturated rings. The minimum Gasteiger partial charge on any atom is -0.400 e. The van der Waals surface area contributed by atoms with Gasteiger partial charge in [0.15, 0.2) is 11.6 Å². The van der Waals surface area contributed by atoms with Crippen molar-refractivity contribution in [2.45, 2.75) is 59.3 Å². The van der Waals surface area contributed by atoms with Gasteiger partial charge in [0.05, 0.1) is 6.42 Å². The molecule has 6 N–H and O–H groups in total. The first-order valence-corrected chi connectivity index (χ1v) is 14.8. The molecule has 0 spiro atoms. The second-order valence-corrected chi connectivity index (χ2v) is 10.2. The number of carbonyl (C=O) groups is 1. The van der Waals surface area contributed by atoms with Crippen molar-refractivity contribution >= 4 is 40.6 Å². The van der Waals surface area contributed by atoms with Gasteiger partial charge in [0.2, 0.25) is 5.91 Å². The maximum atomic E-state index is 14.7. The predicted octanol–water partition coefficient (Wildman–Crippen LogP) is 5.85. The van der Waals surface area contributed by atoms with Gasteiger partial charge in [-0.1, -0.05) is 70.3 Å². The SMILES string of the molecule is CC=S.CCCCCCC.CNC/C(N)=C/Nc1cc(F)c(N2CCN(C(=O)Cc3cccc(N)c3)CC2)c(F)c1. The topological polar surface area (TPSA) is 99.6 Å². The van der Waals surface area contributed by atoms with E-state index in [-0.39, 0.29) is 23.7 Å². The Morgan fingerprint density at radius 2 is 1.61 bits per heavy atom. The number of piperazine rings is 1. The molecule has 1 aliphatic heterocycles. The van der Waals surface area contributed by atoms with Crippen LogP contribution in [0.15, 0.2) is 48.3 Å². The molecule has 228 valence electrons. The van der Waals surface area contributed by atoms with Gasteiger partial charge in [0.1, 0.15) is 5.69 Å². The van der Waals surface area contributed by atoms with E-state index in [0.717, 1.165) is 5.56 Å². The van der Waals surface area contributed by atoms with Gasteiger partial charge in [0.25, 0.3) is 0 Å². The number of unbranched alkanes of at least 4 members (excludes halogenated alkanes) is 4. The Bertz CT molecular complexity index is 1060. The van der Waals surface area contributed by atoms with E-state index < -0.39 is 11.6 Å². The lowest BCUT2D eigenvalue weighted by Gasteiger charge is -2.36. The lowest BCUT2D eigenvalue weighted by Crippen LogP contribution is -2.49. The molecule has 1 amide bonds. The molecule has 0 bridgehead atoms. The second-order valence-electron chi connectivity index (χ2n) is 9.77. The van der Waals surface area contributed by atoms with E-state index >= 15 is 0 Å². The van der Waals surface area contributed by atoms with Gasteiger partial charge in [-0.25, -0.2) is 8.78 Å². The number of nitrogens with two attached hydrogens (primary N) is 2. The highest BCUT2D eigenvalue weighted by Crippen LogP contribution is 2.28. The lowest BCUT2D eigenvalue weighted by atomic mass is 10.1. The lowest BCUT2D eigenvalue weighted by molar-refractivity contribution is -0.130. The highest BCUT2D eigenvalue weighted by molar-refractivity contribution is 7.78. The number of benzene rings is 2. The normalized spacial score (nSPS) is 13.0. The van der Waals surface area contributed by atoms with Crippen LogP contribution in [0.2, 0.25) is 0 Å². The number of hydrogen-bond acceptors (Lipinski definition) is 7. The maximum absolute atomic E-state index is 14.7. The summed E-state index contributed by atoms with van der Waals surface area (Å²) in [6.45, 7) is 8.24. The molecule has 2 aromatic rings. The number of halogens is 2. The first-order chi connectivity index (χ1) is 19.7. The van der Waals surface area contributed by atoms with Gasteiger partial charge < -0.3 is 31.9 Å². The van der Waals surface area contributed by atoms with E-state index in [2.05, 4.69) is 36.7 Å². The molecule has 0 radical (unpaired) electrons. The van der Waals surface area contributed by atoms with Crippen LogP contribution < -0.4 is 27.0 Å². The molecule has 2 aromatic carbocycles. The van der Waals surface area contributed by atoms with Crippen LogP contribution in [0.4, 0.5) is 25.8 Å². The first-order valence-electron chi connectivity index (χ1n) is 14.3. The summed E-state index contributed by atoms with van der Waals surface area (Å²) in [5, 5.41) is 7.27. The fourth-order valence-corrected chi connectivity index (χ4v) is 4.23. The molecule has 0 aromatic heterocycles. The molecule has 41 heavy (non-hydrogen) atoms. The van der Waals surface area contributed by atoms with E-state index in [1.54, 1.807) is 34.3 Å². The average Bonchev–Trinajstić information content (AvgIpc) is 2.93. The molecule has 0 aliphatic carbocycles. The number of likely N-dealkylation sites (N-methyl/N-ethyl adjacent to an activating group) is 1. The number of nitrogen functional groups attached to an aromatic ring is 1. The predicted molar refractivity (Wildman–Crippen MR) is 173 cm³/mol. The second kappa shape index (κ2) is 20.6. The van der Waals surface area contributed by atoms with Crippen LogP contribution >= 0.6 is 12.2 Å². The van der Waals surface area contributed by atoms with Crippen molar-refractivity contribution in [1.29, 1.82) is 0 Å². The van der Waals surface area contributed by atoms with Crippen molar-refractivity contribution in [3.63, 3.8) is 0 Å². The summed E-state index contributed by atoms with van der Waals surface area (Å²) in [4.78, 5) is 15.9. The molecule has 3 rings (SSSR count). The third-order valence-corrected chi connectivity index (χ3v) is 6.28. The molecule has 1 heterocycles. The minimum absolute atomic E-state index is 0.0308. The highest BCUT2D eigenvalue weighted by Gasteiger charge is 2.25. The Labute approximate surface area is 250 Å². The molecule has 1 aliphatic rings. The van der Waals surface area contributed by atoms with Crippen LogP contribution in [0.3, 0.4) is 0 Å². The number of anilines is 3. The number of thiocarbonyl (C=S) groups is 1. The molecular formula is C31H48F2N6OS. The third kappa shape index (κ3) is 13.8. The number of nitrogens with zero attached hydrogens (tertiary/aromatic N) is 2. The van der Waals surface area contributed by atoms with Crippen LogP contribution in [0.5, 0.6) is 0 Å². The summed E-state index contributed by atoms with van der Waals surface area (Å²) in [5.74, 6) is -1.36. The van der Waals surface area contributed by atoms with Gasteiger partial charge in [-0.2, -0.15) is 0 Å². The molecule has 10 heteroatoms. The molecule has 7 nitrogen and oxygen atoms in total. The Morgan fingerprint density at radius 3 is 2.12 bits per heavy atom. The molecule has 1 saturated heterocycles. The van der Waals surface area contributed by atoms with Crippen molar-refractivity contribution in [3.05, 3.63) is 65.5 Å². The zero-order valence-electron chi connectivity index (χ0n) is 25.0. The van der Waals surface area contributed by atoms with Crippen molar-refractivity contribution in [1.82, 2.24) is 10.2 Å². The Hall–Kier alpha value is -3.24. The molecule has 0 saturated carbocycles. The quantitative estimate of drug-likeness (QED) is 0.148. The summed E-state index contributed by atoms with van der Waals surface area (Å²) >= 11 is 4.27. The molecule has 0 atom stereocenters. The van der Waals surface area contributed by atoms with Crippen molar-refractivity contribution in [2.75, 3.05) is 55.7 Å². The summed E-state index contributed by atoms with van der Waals surface area (Å²) < 4.78 is 29.3. The van der Waals surface area contributed by atoms with E-state index in [4.69, 9.17) is 11.5 Å². The van der Waals surface area contributed by atoms with Crippen LogP contribution in [0.1, 0.15) is 58.4 Å². The average molecular weight is 591 g/mol. The summed E-state index contributed by atoms with van der Waals surface area (Å²) in [6, 6.07) is 9.68. The Balaban J connectivity index is 0.000000723. The van der Waals surface area contributed by atoms with E-state index in [9.17, 15) is 13.6 Å². The van der Waals surface area contributed by atoms with E-state index in [1.807, 2.05) is 19.1 Å². The van der Waals surface area contributed by atoms with Crippen LogP contribution in [0, 0.1) is 11.6 Å². The van der Waals surface area contributed by atoms with Crippen molar-refractivity contribution in [2.24, 2.45) is 5.73 Å². The largest absolute Gasteiger partial charge is 0.400 e. The Morgan fingerprint density at radius 1 is 1.02 bits per heavy atom. The standard InChI is InChI=1S/C22H28F2N6O.C7H16.C2H4S/c1-27-13-17(26)14-28-18-11-19(23)22(20(24)12-18)30-7-5-29(6-8-30)21(31)10-15-3-2-4-16(25)9-15;1-3-5-7-6-4-2;1-2-3/h2-4,9,11-12,14,27-28H,5-8,10,13,25-26H2,1H3;3-7H2,1-2H3;2H,1H3/b17-14-;;. The number of rotatable bonds is 11. The number of carbonyl (C=O) groups excluding carboxylic acids is 1. The van der Waals surface area contributed by atoms with Gasteiger partial charge in [0, 0.05) is 56.0 Å². The monoisotopic (exact) mass is 590 g/mol. The molecular weight excluding hydrogens is 542 g/mol. The summed E-state index contributed by atoms with van der Waals surface area (Å²) in [5.41, 5.74) is 13.7. The fraction of sp³-hybridized carbons (Fsp3) is 0.484. The first kappa shape index (κ1) is 35.8. The van der Waals surface area contributed by atoms with Gasteiger partial charge in [-0.05, 0) is 49.2 Å².